The zero-order chi connectivity index (χ0) is 12.0. The van der Waals surface area contributed by atoms with E-state index < -0.39 is 5.91 Å². The van der Waals surface area contributed by atoms with Crippen LogP contribution in [0.4, 0.5) is 0 Å². The molecule has 0 radical (unpaired) electrons. The van der Waals surface area contributed by atoms with Gasteiger partial charge in [0.2, 0.25) is 5.78 Å². The Labute approximate surface area is 97.0 Å². The third kappa shape index (κ3) is 4.75. The molecular formula is C12H22N2O2. The molecule has 1 atom stereocenters. The Morgan fingerprint density at radius 2 is 2.06 bits per heavy atom. The van der Waals surface area contributed by atoms with Gasteiger partial charge in [0.05, 0.1) is 0 Å². The number of ketones is 1. The molecule has 1 unspecified atom stereocenters. The second-order valence-corrected chi connectivity index (χ2v) is 4.70. The summed E-state index contributed by atoms with van der Waals surface area (Å²) >= 11 is 0. The molecule has 0 aromatic carbocycles. The van der Waals surface area contributed by atoms with Crippen LogP contribution in [0, 0.1) is 11.8 Å². The number of Topliss-reactive ketones (excluding diaryl/α,β-unsaturated/α-hetero) is 1. The van der Waals surface area contributed by atoms with E-state index in [4.69, 9.17) is 5.73 Å². The van der Waals surface area contributed by atoms with Gasteiger partial charge >= 0.3 is 0 Å². The van der Waals surface area contributed by atoms with Crippen molar-refractivity contribution in [1.82, 2.24) is 5.32 Å². The lowest BCUT2D eigenvalue weighted by Crippen LogP contribution is -2.30. The average Bonchev–Trinajstić information content (AvgIpc) is 3.05. The quantitative estimate of drug-likeness (QED) is 0.452. The number of primary amides is 1. The van der Waals surface area contributed by atoms with Crippen LogP contribution in [-0.2, 0) is 9.59 Å². The van der Waals surface area contributed by atoms with Crippen LogP contribution < -0.4 is 11.1 Å². The number of rotatable bonds is 9. The predicted molar refractivity (Wildman–Crippen MR) is 62.8 cm³/mol. The summed E-state index contributed by atoms with van der Waals surface area (Å²) in [4.78, 5) is 22.5. The second-order valence-electron chi connectivity index (χ2n) is 4.70. The van der Waals surface area contributed by atoms with Crippen molar-refractivity contribution in [2.24, 2.45) is 17.6 Å². The summed E-state index contributed by atoms with van der Waals surface area (Å²) in [7, 11) is 1.91. The van der Waals surface area contributed by atoms with E-state index in [1.165, 1.54) is 12.8 Å². The fourth-order valence-electron chi connectivity index (χ4n) is 2.01. The van der Waals surface area contributed by atoms with Gasteiger partial charge in [0.15, 0.2) is 0 Å². The van der Waals surface area contributed by atoms with Crippen LogP contribution in [0.1, 0.15) is 38.5 Å². The van der Waals surface area contributed by atoms with Crippen LogP contribution in [0.3, 0.4) is 0 Å². The minimum atomic E-state index is -0.765. The Morgan fingerprint density at radius 3 is 2.56 bits per heavy atom. The number of amides is 1. The SMILES string of the molecule is CNCCCCC(CC1CC1)C(=O)C(N)=O. The number of hydrogen-bond donors (Lipinski definition) is 2. The molecule has 0 bridgehead atoms. The Hall–Kier alpha value is -0.900. The molecule has 0 aromatic rings. The molecule has 1 fully saturated rings. The molecule has 1 aliphatic rings. The molecule has 92 valence electrons. The fourth-order valence-corrected chi connectivity index (χ4v) is 2.01. The number of carbonyl (C=O) groups is 2. The maximum atomic E-state index is 11.6. The van der Waals surface area contributed by atoms with Crippen molar-refractivity contribution in [3.05, 3.63) is 0 Å². The van der Waals surface area contributed by atoms with Crippen LogP contribution in [0.2, 0.25) is 0 Å². The van der Waals surface area contributed by atoms with Crippen LogP contribution in [0.5, 0.6) is 0 Å². The Bertz CT molecular complexity index is 249. The molecular weight excluding hydrogens is 204 g/mol. The summed E-state index contributed by atoms with van der Waals surface area (Å²) < 4.78 is 0. The standard InChI is InChI=1S/C12H22N2O2/c1-14-7-3-2-4-10(8-9-5-6-9)11(15)12(13)16/h9-10,14H,2-8H2,1H3,(H2,13,16). The van der Waals surface area contributed by atoms with Crippen molar-refractivity contribution in [3.8, 4) is 0 Å². The van der Waals surface area contributed by atoms with Gasteiger partial charge in [-0.1, -0.05) is 19.3 Å². The number of hydrogen-bond acceptors (Lipinski definition) is 3. The van der Waals surface area contributed by atoms with Crippen LogP contribution in [0.25, 0.3) is 0 Å². The highest BCUT2D eigenvalue weighted by molar-refractivity contribution is 6.36. The van der Waals surface area contributed by atoms with Gasteiger partial charge in [0, 0.05) is 5.92 Å². The smallest absolute Gasteiger partial charge is 0.285 e. The number of unbranched alkanes of at least 4 members (excludes halogenated alkanes) is 1. The Kier molecular flexibility index (Phi) is 5.46. The molecule has 3 N–H and O–H groups in total. The lowest BCUT2D eigenvalue weighted by molar-refractivity contribution is -0.138. The van der Waals surface area contributed by atoms with Crippen molar-refractivity contribution >= 4 is 11.7 Å². The maximum Gasteiger partial charge on any atom is 0.285 e. The normalized spacial score (nSPS) is 17.1. The van der Waals surface area contributed by atoms with Crippen LogP contribution in [0.15, 0.2) is 0 Å². The number of carbonyl (C=O) groups excluding carboxylic acids is 2. The van der Waals surface area contributed by atoms with Crippen molar-refractivity contribution in [3.63, 3.8) is 0 Å². The third-order valence-corrected chi connectivity index (χ3v) is 3.16. The van der Waals surface area contributed by atoms with Gasteiger partial charge in [-0.05, 0) is 38.8 Å². The minimum absolute atomic E-state index is 0.123. The first kappa shape index (κ1) is 13.2. The van der Waals surface area contributed by atoms with Crippen LogP contribution >= 0.6 is 0 Å². The van der Waals surface area contributed by atoms with E-state index >= 15 is 0 Å². The third-order valence-electron chi connectivity index (χ3n) is 3.16. The van der Waals surface area contributed by atoms with Gasteiger partial charge in [-0.3, -0.25) is 9.59 Å². The van der Waals surface area contributed by atoms with Crippen molar-refractivity contribution < 1.29 is 9.59 Å². The largest absolute Gasteiger partial charge is 0.363 e. The van der Waals surface area contributed by atoms with E-state index in [9.17, 15) is 9.59 Å². The predicted octanol–water partition coefficient (Wildman–Crippen LogP) is 0.847. The Balaban J connectivity index is 2.30. The van der Waals surface area contributed by atoms with E-state index in [0.29, 0.717) is 5.92 Å². The summed E-state index contributed by atoms with van der Waals surface area (Å²) in [6, 6.07) is 0. The van der Waals surface area contributed by atoms with Gasteiger partial charge in [-0.15, -0.1) is 0 Å². The molecule has 1 rings (SSSR count). The van der Waals surface area contributed by atoms with Gasteiger partial charge in [0.25, 0.3) is 5.91 Å². The summed E-state index contributed by atoms with van der Waals surface area (Å²) in [6.07, 6.45) is 6.11. The first-order chi connectivity index (χ1) is 7.65. The minimum Gasteiger partial charge on any atom is -0.363 e. The first-order valence-electron chi connectivity index (χ1n) is 6.13. The molecule has 1 saturated carbocycles. The molecule has 16 heavy (non-hydrogen) atoms. The topological polar surface area (TPSA) is 72.2 Å². The summed E-state index contributed by atoms with van der Waals surface area (Å²) in [5, 5.41) is 3.07. The molecule has 0 saturated heterocycles. The fraction of sp³-hybridized carbons (Fsp3) is 0.833. The van der Waals surface area contributed by atoms with Crippen LogP contribution in [-0.4, -0.2) is 25.3 Å². The Morgan fingerprint density at radius 1 is 1.38 bits per heavy atom. The first-order valence-corrected chi connectivity index (χ1v) is 6.13. The van der Waals surface area contributed by atoms with Crippen molar-refractivity contribution in [1.29, 1.82) is 0 Å². The summed E-state index contributed by atoms with van der Waals surface area (Å²) in [6.45, 7) is 0.959. The molecule has 4 heteroatoms. The van der Waals surface area contributed by atoms with E-state index in [1.54, 1.807) is 0 Å². The molecule has 0 spiro atoms. The highest BCUT2D eigenvalue weighted by atomic mass is 16.2. The van der Waals surface area contributed by atoms with Crippen molar-refractivity contribution in [2.45, 2.75) is 38.5 Å². The van der Waals surface area contributed by atoms with Gasteiger partial charge < -0.3 is 11.1 Å². The zero-order valence-corrected chi connectivity index (χ0v) is 10.00. The molecule has 1 aliphatic carbocycles. The lowest BCUT2D eigenvalue weighted by atomic mass is 9.91. The van der Waals surface area contributed by atoms with Crippen molar-refractivity contribution in [2.75, 3.05) is 13.6 Å². The highest BCUT2D eigenvalue weighted by Gasteiger charge is 2.30. The summed E-state index contributed by atoms with van der Waals surface area (Å²) in [5.41, 5.74) is 5.06. The van der Waals surface area contributed by atoms with Gasteiger partial charge in [0.1, 0.15) is 0 Å². The average molecular weight is 226 g/mol. The molecule has 1 amide bonds. The summed E-state index contributed by atoms with van der Waals surface area (Å²) in [5.74, 6) is -0.588. The van der Waals surface area contributed by atoms with E-state index in [2.05, 4.69) is 5.32 Å². The molecule has 0 aromatic heterocycles. The molecule has 4 nitrogen and oxygen atoms in total. The maximum absolute atomic E-state index is 11.6. The number of nitrogens with two attached hydrogens (primary N) is 1. The molecule has 0 heterocycles. The second kappa shape index (κ2) is 6.63. The van der Waals surface area contributed by atoms with E-state index in [-0.39, 0.29) is 11.7 Å². The zero-order valence-electron chi connectivity index (χ0n) is 10.00. The van der Waals surface area contributed by atoms with E-state index in [1.807, 2.05) is 7.05 Å². The van der Waals surface area contributed by atoms with Gasteiger partial charge in [-0.2, -0.15) is 0 Å². The lowest BCUT2D eigenvalue weighted by Gasteiger charge is -2.13. The number of nitrogens with one attached hydrogen (secondary N) is 1. The highest BCUT2D eigenvalue weighted by Crippen LogP contribution is 2.36. The molecule has 0 aliphatic heterocycles. The monoisotopic (exact) mass is 226 g/mol. The van der Waals surface area contributed by atoms with Gasteiger partial charge in [-0.25, -0.2) is 0 Å². The van der Waals surface area contributed by atoms with E-state index in [0.717, 1.165) is 32.2 Å².